The zero-order chi connectivity index (χ0) is 24.7. The summed E-state index contributed by atoms with van der Waals surface area (Å²) in [5, 5.41) is 11.3. The lowest BCUT2D eigenvalue weighted by Gasteiger charge is -2.11. The predicted octanol–water partition coefficient (Wildman–Crippen LogP) is 3.96. The first-order valence-corrected chi connectivity index (χ1v) is 12.3. The number of pyridine rings is 1. The van der Waals surface area contributed by atoms with Crippen molar-refractivity contribution < 1.29 is 9.59 Å². The van der Waals surface area contributed by atoms with Crippen LogP contribution in [0.3, 0.4) is 0 Å². The Morgan fingerprint density at radius 2 is 1.58 bits per heavy atom. The van der Waals surface area contributed by atoms with Crippen molar-refractivity contribution in [3.8, 4) is 17.1 Å². The van der Waals surface area contributed by atoms with Gasteiger partial charge in [0.15, 0.2) is 11.0 Å². The second-order valence-electron chi connectivity index (χ2n) is 7.92. The van der Waals surface area contributed by atoms with Gasteiger partial charge in [0.05, 0.1) is 12.2 Å². The Balaban J connectivity index is 1.23. The third kappa shape index (κ3) is 5.26. The topological polar surface area (TPSA) is 102 Å². The number of amides is 2. The molecule has 0 radical (unpaired) electrons. The number of para-hydroxylation sites is 1. The van der Waals surface area contributed by atoms with E-state index in [9.17, 15) is 9.59 Å². The summed E-state index contributed by atoms with van der Waals surface area (Å²) in [5.74, 6) is 0.0282. The summed E-state index contributed by atoms with van der Waals surface area (Å²) in [4.78, 5) is 29.1. The summed E-state index contributed by atoms with van der Waals surface area (Å²) in [6.07, 6.45) is 3.57. The number of hydrogen-bond donors (Lipinski definition) is 2. The molecular formula is C27H22N6O2S. The Labute approximate surface area is 211 Å². The maximum Gasteiger partial charge on any atom is 0.248 e. The first-order valence-electron chi connectivity index (χ1n) is 11.3. The molecule has 5 rings (SSSR count). The van der Waals surface area contributed by atoms with Gasteiger partial charge in [0.25, 0.3) is 0 Å². The van der Waals surface area contributed by atoms with E-state index in [1.54, 1.807) is 12.4 Å². The van der Waals surface area contributed by atoms with Crippen LogP contribution in [0.1, 0.15) is 5.56 Å². The van der Waals surface area contributed by atoms with Crippen molar-refractivity contribution in [3.63, 3.8) is 0 Å². The van der Waals surface area contributed by atoms with E-state index in [4.69, 9.17) is 0 Å². The minimum absolute atomic E-state index is 0.0482. The largest absolute Gasteiger partial charge is 0.273 e. The number of nitrogens with zero attached hydrogens (tertiary/aromatic N) is 4. The van der Waals surface area contributed by atoms with Gasteiger partial charge in [-0.2, -0.15) is 0 Å². The van der Waals surface area contributed by atoms with Crippen LogP contribution in [0, 0.1) is 0 Å². The van der Waals surface area contributed by atoms with Crippen molar-refractivity contribution in [2.45, 2.75) is 11.6 Å². The standard InChI is InChI=1S/C27H22N6O2S/c34-24(16-20-10-6-9-19-8-4-5-14-23(19)20)29-30-25(35)18-36-27-32-31-26(21-11-7-15-28-17-21)33(27)22-12-2-1-3-13-22/h1-15,17H,16,18H2,(H,29,34)(H,30,35). The summed E-state index contributed by atoms with van der Waals surface area (Å²) in [5.41, 5.74) is 7.57. The molecule has 0 atom stereocenters. The van der Waals surface area contributed by atoms with Gasteiger partial charge < -0.3 is 0 Å². The third-order valence-electron chi connectivity index (χ3n) is 5.47. The fourth-order valence-corrected chi connectivity index (χ4v) is 4.58. The van der Waals surface area contributed by atoms with Crippen LogP contribution in [0.15, 0.2) is 102 Å². The number of thioether (sulfide) groups is 1. The molecule has 3 aromatic carbocycles. The molecule has 2 N–H and O–H groups in total. The zero-order valence-electron chi connectivity index (χ0n) is 19.2. The fourth-order valence-electron chi connectivity index (χ4n) is 3.82. The quantitative estimate of drug-likeness (QED) is 0.262. The van der Waals surface area contributed by atoms with Crippen LogP contribution in [-0.2, 0) is 16.0 Å². The van der Waals surface area contributed by atoms with Crippen LogP contribution < -0.4 is 10.9 Å². The van der Waals surface area contributed by atoms with Crippen molar-refractivity contribution in [2.24, 2.45) is 0 Å². The molecule has 0 aliphatic carbocycles. The molecule has 5 aromatic rings. The Kier molecular flexibility index (Phi) is 7.00. The number of carbonyl (C=O) groups excluding carboxylic acids is 2. The Morgan fingerprint density at radius 1 is 0.806 bits per heavy atom. The first kappa shape index (κ1) is 23.3. The highest BCUT2D eigenvalue weighted by Gasteiger charge is 2.17. The van der Waals surface area contributed by atoms with Gasteiger partial charge in [0.2, 0.25) is 11.8 Å². The van der Waals surface area contributed by atoms with E-state index < -0.39 is 0 Å². The summed E-state index contributed by atoms with van der Waals surface area (Å²) in [6.45, 7) is 0. The normalized spacial score (nSPS) is 10.8. The van der Waals surface area contributed by atoms with E-state index in [2.05, 4.69) is 26.0 Å². The van der Waals surface area contributed by atoms with Crippen molar-refractivity contribution in [3.05, 3.63) is 103 Å². The molecule has 178 valence electrons. The first-order chi connectivity index (χ1) is 17.7. The van der Waals surface area contributed by atoms with E-state index in [1.165, 1.54) is 11.8 Å². The molecule has 36 heavy (non-hydrogen) atoms. The van der Waals surface area contributed by atoms with Crippen LogP contribution in [0.2, 0.25) is 0 Å². The smallest absolute Gasteiger partial charge is 0.248 e. The molecule has 8 nitrogen and oxygen atoms in total. The second kappa shape index (κ2) is 10.8. The summed E-state index contributed by atoms with van der Waals surface area (Å²) < 4.78 is 1.88. The van der Waals surface area contributed by atoms with Gasteiger partial charge >= 0.3 is 0 Å². The molecule has 2 amide bonds. The molecule has 2 aromatic heterocycles. The number of rotatable bonds is 7. The van der Waals surface area contributed by atoms with Crippen molar-refractivity contribution in [1.82, 2.24) is 30.6 Å². The number of aromatic nitrogens is 4. The summed E-state index contributed by atoms with van der Waals surface area (Å²) in [7, 11) is 0. The predicted molar refractivity (Wildman–Crippen MR) is 139 cm³/mol. The van der Waals surface area contributed by atoms with Gasteiger partial charge in [-0.15, -0.1) is 10.2 Å². The van der Waals surface area contributed by atoms with Crippen LogP contribution in [0.25, 0.3) is 27.8 Å². The highest BCUT2D eigenvalue weighted by molar-refractivity contribution is 7.99. The lowest BCUT2D eigenvalue weighted by atomic mass is 10.0. The highest BCUT2D eigenvalue weighted by Crippen LogP contribution is 2.27. The molecule has 0 spiro atoms. The number of nitrogens with one attached hydrogen (secondary N) is 2. The van der Waals surface area contributed by atoms with E-state index in [0.29, 0.717) is 11.0 Å². The van der Waals surface area contributed by atoms with Crippen LogP contribution >= 0.6 is 11.8 Å². The Bertz CT molecular complexity index is 1500. The Morgan fingerprint density at radius 3 is 2.42 bits per heavy atom. The average molecular weight is 495 g/mol. The van der Waals surface area contributed by atoms with Gasteiger partial charge in [-0.1, -0.05) is 72.4 Å². The molecule has 0 saturated heterocycles. The van der Waals surface area contributed by atoms with Gasteiger partial charge in [-0.25, -0.2) is 0 Å². The van der Waals surface area contributed by atoms with Crippen LogP contribution in [-0.4, -0.2) is 37.3 Å². The molecular weight excluding hydrogens is 472 g/mol. The molecule has 2 heterocycles. The molecule has 0 aliphatic rings. The Hall–Kier alpha value is -4.50. The lowest BCUT2D eigenvalue weighted by Crippen LogP contribution is -2.43. The van der Waals surface area contributed by atoms with Gasteiger partial charge in [0.1, 0.15) is 0 Å². The average Bonchev–Trinajstić information content (AvgIpc) is 3.36. The van der Waals surface area contributed by atoms with E-state index in [-0.39, 0.29) is 24.0 Å². The lowest BCUT2D eigenvalue weighted by molar-refractivity contribution is -0.127. The number of fused-ring (bicyclic) bond motifs is 1. The minimum atomic E-state index is -0.350. The zero-order valence-corrected chi connectivity index (χ0v) is 20.0. The number of carbonyl (C=O) groups is 2. The van der Waals surface area contributed by atoms with Crippen molar-refractivity contribution >= 4 is 34.3 Å². The van der Waals surface area contributed by atoms with Gasteiger partial charge in [0, 0.05) is 23.6 Å². The molecule has 0 saturated carbocycles. The van der Waals surface area contributed by atoms with Crippen LogP contribution in [0.5, 0.6) is 0 Å². The van der Waals surface area contributed by atoms with E-state index in [1.807, 2.05) is 89.5 Å². The summed E-state index contributed by atoms with van der Waals surface area (Å²) in [6, 6.07) is 27.1. The maximum atomic E-state index is 12.5. The monoisotopic (exact) mass is 494 g/mol. The molecule has 9 heteroatoms. The van der Waals surface area contributed by atoms with E-state index in [0.717, 1.165) is 27.6 Å². The van der Waals surface area contributed by atoms with Crippen molar-refractivity contribution in [2.75, 3.05) is 5.75 Å². The van der Waals surface area contributed by atoms with Crippen molar-refractivity contribution in [1.29, 1.82) is 0 Å². The third-order valence-corrected chi connectivity index (χ3v) is 6.40. The number of hydrazine groups is 1. The number of hydrogen-bond acceptors (Lipinski definition) is 6. The van der Waals surface area contributed by atoms with E-state index >= 15 is 0 Å². The molecule has 0 unspecified atom stereocenters. The summed E-state index contributed by atoms with van der Waals surface area (Å²) >= 11 is 1.23. The highest BCUT2D eigenvalue weighted by atomic mass is 32.2. The van der Waals surface area contributed by atoms with Crippen LogP contribution in [0.4, 0.5) is 0 Å². The SMILES string of the molecule is O=C(CSc1nnc(-c2cccnc2)n1-c1ccccc1)NNC(=O)Cc1cccc2ccccc12. The molecule has 0 aliphatic heterocycles. The molecule has 0 bridgehead atoms. The maximum absolute atomic E-state index is 12.5. The minimum Gasteiger partial charge on any atom is -0.273 e. The second-order valence-corrected chi connectivity index (χ2v) is 8.86. The van der Waals surface area contributed by atoms with Gasteiger partial charge in [-0.3, -0.25) is 30.0 Å². The fraction of sp³-hybridized carbons (Fsp3) is 0.0741. The van der Waals surface area contributed by atoms with Gasteiger partial charge in [-0.05, 0) is 40.6 Å². The number of benzene rings is 3. The molecule has 0 fully saturated rings.